The van der Waals surface area contributed by atoms with E-state index in [0.29, 0.717) is 0 Å². The van der Waals surface area contributed by atoms with E-state index in [1.165, 1.54) is 51.5 Å². The van der Waals surface area contributed by atoms with E-state index in [-0.39, 0.29) is 20.1 Å². The van der Waals surface area contributed by atoms with Crippen LogP contribution in [-0.4, -0.2) is 9.97 Å². The fraction of sp³-hybridized carbons (Fsp3) is 0. The second-order valence-corrected chi connectivity index (χ2v) is 12.5. The second-order valence-electron chi connectivity index (χ2n) is 10.4. The molecular formula is C40H24IrN2S2-2. The standard InChI is InChI=1S/C29H16NS2.C11H8N.Ir/c1-2-8-18(9-3-1)23-16-19(14-15-30-23)22-17-26-27(20-10-4-6-12-24(20)31-26)28-21-11-5-7-13-25(21)32-29(22)28;1-2-6-10(7-3-1)11-8-4-5-9-12-11;/h1-8,10-17H;1-6,8-9H;/q2*-1;. The molecule has 0 saturated carbocycles. The monoisotopic (exact) mass is 789 g/mol. The van der Waals surface area contributed by atoms with Crippen molar-refractivity contribution in [1.29, 1.82) is 0 Å². The average Bonchev–Trinajstić information content (AvgIpc) is 3.68. The molecule has 0 N–H and O–H groups in total. The van der Waals surface area contributed by atoms with Crippen LogP contribution in [-0.2, 0) is 20.1 Å². The molecule has 0 unspecified atom stereocenters. The minimum atomic E-state index is 0. The number of thiophene rings is 2. The van der Waals surface area contributed by atoms with E-state index in [4.69, 9.17) is 0 Å². The third kappa shape index (κ3) is 5.61. The largest absolute Gasteiger partial charge is 0.305 e. The minimum Gasteiger partial charge on any atom is -0.305 e. The zero-order valence-corrected chi connectivity index (χ0v) is 27.9. The number of hydrogen-bond donors (Lipinski definition) is 0. The molecule has 4 heterocycles. The smallest absolute Gasteiger partial charge is 0.0440 e. The van der Waals surface area contributed by atoms with Crippen LogP contribution in [0.1, 0.15) is 0 Å². The molecule has 217 valence electrons. The Morgan fingerprint density at radius 2 is 1.11 bits per heavy atom. The van der Waals surface area contributed by atoms with Crippen LogP contribution in [0.15, 0.2) is 146 Å². The Morgan fingerprint density at radius 1 is 0.489 bits per heavy atom. The van der Waals surface area contributed by atoms with Gasteiger partial charge in [0.2, 0.25) is 0 Å². The van der Waals surface area contributed by atoms with E-state index < -0.39 is 0 Å². The van der Waals surface area contributed by atoms with Gasteiger partial charge in [-0.25, -0.2) is 0 Å². The van der Waals surface area contributed by atoms with Crippen molar-refractivity contribution in [2.24, 2.45) is 0 Å². The van der Waals surface area contributed by atoms with Gasteiger partial charge in [-0.05, 0) is 47.3 Å². The first-order valence-electron chi connectivity index (χ1n) is 14.4. The maximum Gasteiger partial charge on any atom is 0.0440 e. The normalized spacial score (nSPS) is 10.9. The molecule has 9 aromatic rings. The van der Waals surface area contributed by atoms with Crippen LogP contribution in [0, 0.1) is 12.1 Å². The Labute approximate surface area is 283 Å². The Kier molecular flexibility index (Phi) is 8.34. The Bertz CT molecular complexity index is 2340. The van der Waals surface area contributed by atoms with Gasteiger partial charge in [0.1, 0.15) is 0 Å². The van der Waals surface area contributed by atoms with Crippen LogP contribution in [0.5, 0.6) is 0 Å². The summed E-state index contributed by atoms with van der Waals surface area (Å²) in [6.07, 6.45) is 3.70. The number of nitrogens with zero attached hydrogens (tertiary/aromatic N) is 2. The van der Waals surface area contributed by atoms with E-state index in [2.05, 4.69) is 94.9 Å². The first-order chi connectivity index (χ1) is 21.8. The van der Waals surface area contributed by atoms with E-state index in [1.807, 2.05) is 89.5 Å². The summed E-state index contributed by atoms with van der Waals surface area (Å²) in [4.78, 5) is 8.85. The molecule has 2 nitrogen and oxygen atoms in total. The summed E-state index contributed by atoms with van der Waals surface area (Å²) in [6, 6.07) is 52.4. The van der Waals surface area contributed by atoms with E-state index >= 15 is 0 Å². The maximum absolute atomic E-state index is 4.63. The third-order valence-electron chi connectivity index (χ3n) is 7.69. The summed E-state index contributed by atoms with van der Waals surface area (Å²) in [5.41, 5.74) is 6.46. The van der Waals surface area contributed by atoms with Crippen molar-refractivity contribution in [2.45, 2.75) is 0 Å². The van der Waals surface area contributed by atoms with E-state index in [0.717, 1.165) is 22.5 Å². The molecule has 5 aromatic carbocycles. The molecule has 0 saturated heterocycles. The summed E-state index contributed by atoms with van der Waals surface area (Å²) in [7, 11) is 0. The summed E-state index contributed by atoms with van der Waals surface area (Å²) >= 11 is 3.77. The second kappa shape index (κ2) is 12.8. The zero-order valence-electron chi connectivity index (χ0n) is 23.9. The van der Waals surface area contributed by atoms with Gasteiger partial charge >= 0.3 is 0 Å². The van der Waals surface area contributed by atoms with Gasteiger partial charge in [-0.2, -0.15) is 0 Å². The summed E-state index contributed by atoms with van der Waals surface area (Å²) < 4.78 is 5.35. The minimum absolute atomic E-state index is 0. The fourth-order valence-electron chi connectivity index (χ4n) is 5.69. The number of aromatic nitrogens is 2. The molecule has 0 amide bonds. The molecule has 0 bridgehead atoms. The Morgan fingerprint density at radius 3 is 1.80 bits per heavy atom. The zero-order chi connectivity index (χ0) is 29.3. The molecule has 0 fully saturated rings. The molecule has 0 aliphatic heterocycles. The summed E-state index contributed by atoms with van der Waals surface area (Å²) in [6.45, 7) is 0. The molecular weight excluding hydrogens is 765 g/mol. The van der Waals surface area contributed by atoms with Crippen molar-refractivity contribution in [3.63, 3.8) is 0 Å². The topological polar surface area (TPSA) is 25.8 Å². The van der Waals surface area contributed by atoms with Gasteiger partial charge in [-0.1, -0.05) is 54.6 Å². The van der Waals surface area contributed by atoms with Crippen LogP contribution >= 0.6 is 22.7 Å². The molecule has 1 radical (unpaired) electrons. The van der Waals surface area contributed by atoms with Crippen molar-refractivity contribution >= 4 is 63.0 Å². The van der Waals surface area contributed by atoms with Crippen molar-refractivity contribution in [1.82, 2.24) is 9.97 Å². The fourth-order valence-corrected chi connectivity index (χ4v) is 8.09. The number of fused-ring (bicyclic) bond motifs is 7. The van der Waals surface area contributed by atoms with Gasteiger partial charge in [0.05, 0.1) is 0 Å². The molecule has 0 atom stereocenters. The van der Waals surface area contributed by atoms with Crippen LogP contribution in [0.2, 0.25) is 0 Å². The van der Waals surface area contributed by atoms with Gasteiger partial charge < -0.3 is 9.97 Å². The molecule has 0 aliphatic rings. The third-order valence-corrected chi connectivity index (χ3v) is 10.0. The number of benzene rings is 5. The number of hydrogen-bond acceptors (Lipinski definition) is 4. The predicted molar refractivity (Wildman–Crippen MR) is 188 cm³/mol. The van der Waals surface area contributed by atoms with Crippen molar-refractivity contribution in [2.75, 3.05) is 0 Å². The Hall–Kier alpha value is -4.51. The van der Waals surface area contributed by atoms with Crippen molar-refractivity contribution in [3.8, 4) is 33.6 Å². The number of pyridine rings is 2. The number of rotatable bonds is 3. The first kappa shape index (κ1) is 29.2. The molecule has 5 heteroatoms. The van der Waals surface area contributed by atoms with Gasteiger partial charge in [-0.3, -0.25) is 0 Å². The van der Waals surface area contributed by atoms with Crippen molar-refractivity contribution < 1.29 is 20.1 Å². The molecule has 0 aliphatic carbocycles. The Balaban J connectivity index is 0.000000211. The van der Waals surface area contributed by atoms with Crippen LogP contribution < -0.4 is 0 Å². The molecule has 0 spiro atoms. The maximum atomic E-state index is 4.63. The van der Waals surface area contributed by atoms with Crippen molar-refractivity contribution in [3.05, 3.63) is 158 Å². The van der Waals surface area contributed by atoms with Gasteiger partial charge in [0.25, 0.3) is 0 Å². The van der Waals surface area contributed by atoms with Gasteiger partial charge in [-0.15, -0.1) is 94.5 Å². The SMILES string of the molecule is [Ir].[c-]1ccccc1-c1cc(-c2cc3sc4ccccc4c3c3c2sc2ccccc23)ccn1.[c-]1ccccc1-c1ccccn1. The predicted octanol–water partition coefficient (Wildman–Crippen LogP) is 11.5. The van der Waals surface area contributed by atoms with Gasteiger partial charge in [0, 0.05) is 78.4 Å². The van der Waals surface area contributed by atoms with Gasteiger partial charge in [0.15, 0.2) is 0 Å². The molecule has 9 rings (SSSR count). The quantitative estimate of drug-likeness (QED) is 0.167. The van der Waals surface area contributed by atoms with E-state index in [9.17, 15) is 0 Å². The van der Waals surface area contributed by atoms with E-state index in [1.54, 1.807) is 6.20 Å². The summed E-state index contributed by atoms with van der Waals surface area (Å²) in [5, 5.41) is 5.45. The van der Waals surface area contributed by atoms with Crippen LogP contribution in [0.25, 0.3) is 74.0 Å². The van der Waals surface area contributed by atoms with Crippen LogP contribution in [0.3, 0.4) is 0 Å². The summed E-state index contributed by atoms with van der Waals surface area (Å²) in [5.74, 6) is 0. The van der Waals surface area contributed by atoms with Crippen LogP contribution in [0.4, 0.5) is 0 Å². The molecule has 4 aromatic heterocycles. The molecule has 45 heavy (non-hydrogen) atoms. The average molecular weight is 789 g/mol. The first-order valence-corrected chi connectivity index (χ1v) is 16.0.